The standard InChI is InChI=1S/C22H22FN5O3S/c23-19-10-14(7-8-17(19)16-11-26-22(24)27-12-16)18-5-1-2-6-20(18)32(30,31)28-13-15-4-3-9-25-21(15)29/h1-2,5-8,10-12,15,28H,3-4,9,13H2,(H,25,29)(H2,24,26,27)/t15-/m0/s1. The Labute approximate surface area is 185 Å². The molecule has 0 spiro atoms. The molecule has 8 nitrogen and oxygen atoms in total. The zero-order chi connectivity index (χ0) is 22.7. The first-order valence-corrected chi connectivity index (χ1v) is 11.6. The largest absolute Gasteiger partial charge is 0.368 e. The third-order valence-electron chi connectivity index (χ3n) is 5.36. The molecule has 32 heavy (non-hydrogen) atoms. The molecule has 3 aromatic rings. The zero-order valence-electron chi connectivity index (χ0n) is 17.1. The smallest absolute Gasteiger partial charge is 0.241 e. The number of aromatic nitrogens is 2. The maximum Gasteiger partial charge on any atom is 0.241 e. The predicted octanol–water partition coefficient (Wildman–Crippen LogP) is 2.34. The Bertz CT molecular complexity index is 1250. The number of carbonyl (C=O) groups excluding carboxylic acids is 1. The van der Waals surface area contributed by atoms with E-state index in [0.29, 0.717) is 29.7 Å². The first-order chi connectivity index (χ1) is 15.3. The van der Waals surface area contributed by atoms with Gasteiger partial charge in [0, 0.05) is 42.2 Å². The van der Waals surface area contributed by atoms with Crippen molar-refractivity contribution in [3.8, 4) is 22.3 Å². The molecular formula is C22H22FN5O3S. The number of nitrogen functional groups attached to an aromatic ring is 1. The van der Waals surface area contributed by atoms with Crippen LogP contribution in [-0.2, 0) is 14.8 Å². The SMILES string of the molecule is Nc1ncc(-c2ccc(-c3ccccc3S(=O)(=O)NC[C@@H]3CCCNC3=O)cc2F)cn1. The van der Waals surface area contributed by atoms with Gasteiger partial charge in [-0.15, -0.1) is 0 Å². The number of benzene rings is 2. The summed E-state index contributed by atoms with van der Waals surface area (Å²) < 4.78 is 43.5. The molecule has 0 radical (unpaired) electrons. The summed E-state index contributed by atoms with van der Waals surface area (Å²) in [6, 6.07) is 10.8. The lowest BCUT2D eigenvalue weighted by Gasteiger charge is -2.22. The molecule has 4 N–H and O–H groups in total. The van der Waals surface area contributed by atoms with Crippen molar-refractivity contribution in [2.75, 3.05) is 18.8 Å². The van der Waals surface area contributed by atoms with Crippen LogP contribution < -0.4 is 15.8 Å². The molecule has 0 unspecified atom stereocenters. The molecular weight excluding hydrogens is 433 g/mol. The minimum absolute atomic E-state index is 0.00688. The summed E-state index contributed by atoms with van der Waals surface area (Å²) in [5.41, 5.74) is 6.96. The van der Waals surface area contributed by atoms with Gasteiger partial charge in [-0.1, -0.05) is 30.3 Å². The summed E-state index contributed by atoms with van der Waals surface area (Å²) in [6.07, 6.45) is 4.27. The molecule has 166 valence electrons. The Morgan fingerprint density at radius 2 is 1.84 bits per heavy atom. The van der Waals surface area contributed by atoms with Crippen LogP contribution in [0.2, 0.25) is 0 Å². The molecule has 1 aromatic heterocycles. The third-order valence-corrected chi connectivity index (χ3v) is 6.84. The number of anilines is 1. The van der Waals surface area contributed by atoms with Crippen LogP contribution in [0.4, 0.5) is 10.3 Å². The highest BCUT2D eigenvalue weighted by Crippen LogP contribution is 2.31. The summed E-state index contributed by atoms with van der Waals surface area (Å²) in [5, 5.41) is 2.74. The second-order valence-corrected chi connectivity index (χ2v) is 9.24. The number of amides is 1. The molecule has 10 heteroatoms. The summed E-state index contributed by atoms with van der Waals surface area (Å²) in [5.74, 6) is -1.03. The topological polar surface area (TPSA) is 127 Å². The quantitative estimate of drug-likeness (QED) is 0.524. The fourth-order valence-corrected chi connectivity index (χ4v) is 4.96. The number of halogens is 1. The van der Waals surface area contributed by atoms with Crippen LogP contribution in [-0.4, -0.2) is 37.4 Å². The van der Waals surface area contributed by atoms with Gasteiger partial charge in [0.15, 0.2) is 0 Å². The zero-order valence-corrected chi connectivity index (χ0v) is 17.9. The predicted molar refractivity (Wildman–Crippen MR) is 118 cm³/mol. The number of piperidine rings is 1. The van der Waals surface area contributed by atoms with Crippen LogP contribution in [0.3, 0.4) is 0 Å². The molecule has 1 aliphatic rings. The van der Waals surface area contributed by atoms with Crippen molar-refractivity contribution in [2.45, 2.75) is 17.7 Å². The fraction of sp³-hybridized carbons (Fsp3) is 0.227. The number of nitrogens with one attached hydrogen (secondary N) is 2. The number of hydrogen-bond acceptors (Lipinski definition) is 6. The highest BCUT2D eigenvalue weighted by atomic mass is 32.2. The van der Waals surface area contributed by atoms with Gasteiger partial charge < -0.3 is 11.1 Å². The number of carbonyl (C=O) groups is 1. The van der Waals surface area contributed by atoms with Crippen molar-refractivity contribution in [1.82, 2.24) is 20.0 Å². The van der Waals surface area contributed by atoms with Gasteiger partial charge in [0.05, 0.1) is 10.8 Å². The van der Waals surface area contributed by atoms with E-state index in [1.54, 1.807) is 30.3 Å². The Kier molecular flexibility index (Phi) is 6.15. The maximum absolute atomic E-state index is 14.9. The second-order valence-electron chi connectivity index (χ2n) is 7.50. The Balaban J connectivity index is 1.62. The monoisotopic (exact) mass is 455 g/mol. The molecule has 4 rings (SSSR count). The van der Waals surface area contributed by atoms with Crippen molar-refractivity contribution in [3.63, 3.8) is 0 Å². The van der Waals surface area contributed by atoms with Crippen LogP contribution in [0.25, 0.3) is 22.3 Å². The van der Waals surface area contributed by atoms with Crippen molar-refractivity contribution in [1.29, 1.82) is 0 Å². The lowest BCUT2D eigenvalue weighted by atomic mass is 9.99. The number of rotatable bonds is 6. The highest BCUT2D eigenvalue weighted by Gasteiger charge is 2.26. The number of hydrogen-bond donors (Lipinski definition) is 3. The van der Waals surface area contributed by atoms with Crippen LogP contribution in [0.1, 0.15) is 12.8 Å². The van der Waals surface area contributed by atoms with Crippen LogP contribution in [0.5, 0.6) is 0 Å². The molecule has 2 aromatic carbocycles. The normalized spacial score (nSPS) is 16.5. The lowest BCUT2D eigenvalue weighted by Crippen LogP contribution is -2.42. The molecule has 0 aliphatic carbocycles. The van der Waals surface area contributed by atoms with Crippen molar-refractivity contribution in [2.24, 2.45) is 5.92 Å². The van der Waals surface area contributed by atoms with Crippen molar-refractivity contribution < 1.29 is 17.6 Å². The van der Waals surface area contributed by atoms with E-state index >= 15 is 0 Å². The van der Waals surface area contributed by atoms with Crippen LogP contribution in [0, 0.1) is 11.7 Å². The molecule has 1 amide bonds. The minimum atomic E-state index is -3.93. The minimum Gasteiger partial charge on any atom is -0.368 e. The number of nitrogens with zero attached hydrogens (tertiary/aromatic N) is 2. The first kappa shape index (κ1) is 21.8. The molecule has 2 heterocycles. The first-order valence-electron chi connectivity index (χ1n) is 10.1. The van der Waals surface area contributed by atoms with Gasteiger partial charge in [-0.3, -0.25) is 4.79 Å². The van der Waals surface area contributed by atoms with E-state index in [1.165, 1.54) is 24.5 Å². The van der Waals surface area contributed by atoms with E-state index in [-0.39, 0.29) is 28.9 Å². The fourth-order valence-electron chi connectivity index (χ4n) is 3.65. The van der Waals surface area contributed by atoms with Gasteiger partial charge in [0.1, 0.15) is 5.82 Å². The van der Waals surface area contributed by atoms with E-state index < -0.39 is 21.8 Å². The van der Waals surface area contributed by atoms with E-state index in [2.05, 4.69) is 20.0 Å². The van der Waals surface area contributed by atoms with Gasteiger partial charge in [-0.2, -0.15) is 0 Å². The van der Waals surface area contributed by atoms with Gasteiger partial charge in [-0.25, -0.2) is 27.5 Å². The second kappa shape index (κ2) is 9.01. The Morgan fingerprint density at radius 1 is 1.09 bits per heavy atom. The van der Waals surface area contributed by atoms with Crippen LogP contribution in [0.15, 0.2) is 59.8 Å². The molecule has 1 aliphatic heterocycles. The number of nitrogens with two attached hydrogens (primary N) is 1. The van der Waals surface area contributed by atoms with Crippen molar-refractivity contribution in [3.05, 3.63) is 60.7 Å². The summed E-state index contributed by atoms with van der Waals surface area (Å²) in [7, 11) is -3.93. The lowest BCUT2D eigenvalue weighted by molar-refractivity contribution is -0.126. The summed E-state index contributed by atoms with van der Waals surface area (Å²) in [6.45, 7) is 0.613. The van der Waals surface area contributed by atoms with Gasteiger partial charge >= 0.3 is 0 Å². The molecule has 0 saturated carbocycles. The maximum atomic E-state index is 14.9. The summed E-state index contributed by atoms with van der Waals surface area (Å²) in [4.78, 5) is 19.7. The van der Waals surface area contributed by atoms with Crippen LogP contribution >= 0.6 is 0 Å². The number of sulfonamides is 1. The van der Waals surface area contributed by atoms with Gasteiger partial charge in [0.25, 0.3) is 0 Å². The average Bonchev–Trinajstić information content (AvgIpc) is 2.79. The average molecular weight is 456 g/mol. The summed E-state index contributed by atoms with van der Waals surface area (Å²) >= 11 is 0. The van der Waals surface area contributed by atoms with E-state index in [1.807, 2.05) is 0 Å². The van der Waals surface area contributed by atoms with Crippen molar-refractivity contribution >= 4 is 21.9 Å². The van der Waals surface area contributed by atoms with E-state index in [4.69, 9.17) is 5.73 Å². The molecule has 1 fully saturated rings. The Morgan fingerprint density at radius 3 is 2.56 bits per heavy atom. The third kappa shape index (κ3) is 4.61. The molecule has 0 bridgehead atoms. The highest BCUT2D eigenvalue weighted by molar-refractivity contribution is 7.89. The Hall–Kier alpha value is -3.37. The van der Waals surface area contributed by atoms with E-state index in [9.17, 15) is 17.6 Å². The van der Waals surface area contributed by atoms with Gasteiger partial charge in [0.2, 0.25) is 21.9 Å². The molecule has 1 saturated heterocycles. The molecule has 1 atom stereocenters. The van der Waals surface area contributed by atoms with Gasteiger partial charge in [-0.05, 0) is 30.5 Å². The van der Waals surface area contributed by atoms with E-state index in [0.717, 1.165) is 6.42 Å².